The molecule has 2 aliphatic rings. The zero-order chi connectivity index (χ0) is 23.6. The van der Waals surface area contributed by atoms with Crippen LogP contribution in [-0.2, 0) is 4.74 Å². The molecule has 1 aromatic heterocycles. The Morgan fingerprint density at radius 2 is 1.94 bits per heavy atom. The minimum Gasteiger partial charge on any atom is -0.491 e. The van der Waals surface area contributed by atoms with Gasteiger partial charge in [-0.25, -0.2) is 4.68 Å². The zero-order valence-electron chi connectivity index (χ0n) is 18.5. The Morgan fingerprint density at radius 3 is 2.58 bits per heavy atom. The van der Waals surface area contributed by atoms with Crippen molar-refractivity contribution in [3.05, 3.63) is 42.2 Å². The summed E-state index contributed by atoms with van der Waals surface area (Å²) in [7, 11) is 0. The molecule has 174 valence electrons. The Bertz CT molecular complexity index is 1090. The van der Waals surface area contributed by atoms with Gasteiger partial charge in [-0.1, -0.05) is 23.7 Å². The van der Waals surface area contributed by atoms with E-state index < -0.39 is 36.6 Å². The summed E-state index contributed by atoms with van der Waals surface area (Å²) < 4.78 is 12.9. The van der Waals surface area contributed by atoms with Crippen LogP contribution in [0.2, 0.25) is 0 Å². The van der Waals surface area contributed by atoms with Crippen molar-refractivity contribution in [3.63, 3.8) is 0 Å². The number of aliphatic hydroxyl groups excluding tert-OH is 3. The van der Waals surface area contributed by atoms with Gasteiger partial charge in [-0.2, -0.15) is 5.10 Å². The van der Waals surface area contributed by atoms with E-state index in [1.54, 1.807) is 17.1 Å². The van der Waals surface area contributed by atoms with E-state index in [4.69, 9.17) is 9.47 Å². The summed E-state index contributed by atoms with van der Waals surface area (Å²) in [5, 5.41) is 45.7. The molecule has 0 unspecified atom stereocenters. The van der Waals surface area contributed by atoms with E-state index >= 15 is 0 Å². The van der Waals surface area contributed by atoms with Gasteiger partial charge < -0.3 is 29.9 Å². The molecule has 2 fully saturated rings. The van der Waals surface area contributed by atoms with Crippen LogP contribution in [-0.4, -0.2) is 72.9 Å². The first-order valence-electron chi connectivity index (χ1n) is 11.0. The first-order chi connectivity index (χ1) is 15.8. The molecular weight excluding hydrogens is 424 g/mol. The fourth-order valence-electron chi connectivity index (χ4n) is 3.48. The molecule has 0 amide bonds. The van der Waals surface area contributed by atoms with Crippen molar-refractivity contribution >= 4 is 0 Å². The predicted octanol–water partition coefficient (Wildman–Crippen LogP) is 0.637. The van der Waals surface area contributed by atoms with Crippen LogP contribution in [0.3, 0.4) is 0 Å². The smallest absolute Gasteiger partial charge is 0.191 e. The third-order valence-corrected chi connectivity index (χ3v) is 5.50. The van der Waals surface area contributed by atoms with Crippen LogP contribution < -0.4 is 4.74 Å². The summed E-state index contributed by atoms with van der Waals surface area (Å²) in [6.45, 7) is 3.39. The molecule has 4 rings (SSSR count). The standard InChI is InChI=1S/C25H28N2O6/c1-16(2)32-20-8-6-19(7-9-20)27-14-18(13-26-27)5-10-22-25(31,12-11-17-3-4-17)24(30)23(29)21(15-28)33-22/h6-9,13-14,16-17,21-24,28-31H,3-4,15H2,1-2H3/t21-,22-,23-,24+,25-/m1/s1. The van der Waals surface area contributed by atoms with E-state index in [0.29, 0.717) is 5.56 Å². The lowest BCUT2D eigenvalue weighted by atomic mass is 9.82. The Hall–Kier alpha value is -2.85. The van der Waals surface area contributed by atoms with Gasteiger partial charge in [0.1, 0.15) is 24.1 Å². The Labute approximate surface area is 192 Å². The van der Waals surface area contributed by atoms with Crippen molar-refractivity contribution < 1.29 is 29.9 Å². The number of hydrogen-bond acceptors (Lipinski definition) is 7. The Kier molecular flexibility index (Phi) is 6.76. The van der Waals surface area contributed by atoms with Gasteiger partial charge >= 0.3 is 0 Å². The largest absolute Gasteiger partial charge is 0.491 e. The van der Waals surface area contributed by atoms with E-state index in [-0.39, 0.29) is 12.0 Å². The van der Waals surface area contributed by atoms with Crippen LogP contribution in [0.25, 0.3) is 5.69 Å². The molecule has 2 aromatic rings. The monoisotopic (exact) mass is 452 g/mol. The van der Waals surface area contributed by atoms with Gasteiger partial charge in [-0.3, -0.25) is 0 Å². The highest BCUT2D eigenvalue weighted by Gasteiger charge is 2.53. The molecule has 5 atom stereocenters. The fraction of sp³-hybridized carbons (Fsp3) is 0.480. The van der Waals surface area contributed by atoms with E-state index in [0.717, 1.165) is 24.3 Å². The SMILES string of the molecule is CC(C)Oc1ccc(-n2cc(C#C[C@H]3O[C@H](CO)[C@@H](O)[C@H](O)[C@@]3(O)C#CC3CC3)cn2)cc1. The van der Waals surface area contributed by atoms with Crippen LogP contribution in [0.4, 0.5) is 0 Å². The van der Waals surface area contributed by atoms with Crippen LogP contribution in [0.15, 0.2) is 36.7 Å². The first kappa shape index (κ1) is 23.3. The quantitative estimate of drug-likeness (QED) is 0.503. The molecule has 0 spiro atoms. The highest BCUT2D eigenvalue weighted by molar-refractivity contribution is 5.41. The predicted molar refractivity (Wildman–Crippen MR) is 119 cm³/mol. The number of nitrogens with zero attached hydrogens (tertiary/aromatic N) is 2. The lowest BCUT2D eigenvalue weighted by molar-refractivity contribution is -0.239. The highest BCUT2D eigenvalue weighted by Crippen LogP contribution is 2.32. The van der Waals surface area contributed by atoms with Gasteiger partial charge in [-0.05, 0) is 51.0 Å². The van der Waals surface area contributed by atoms with E-state index in [9.17, 15) is 20.4 Å². The van der Waals surface area contributed by atoms with Gasteiger partial charge in [-0.15, -0.1) is 0 Å². The van der Waals surface area contributed by atoms with Crippen molar-refractivity contribution in [3.8, 4) is 35.1 Å². The lowest BCUT2D eigenvalue weighted by Gasteiger charge is -2.43. The Balaban J connectivity index is 1.55. The average Bonchev–Trinajstić information content (AvgIpc) is 3.52. The van der Waals surface area contributed by atoms with Crippen LogP contribution in [0, 0.1) is 29.6 Å². The van der Waals surface area contributed by atoms with E-state index in [1.165, 1.54) is 0 Å². The normalized spacial score (nSPS) is 29.1. The molecule has 0 radical (unpaired) electrons. The molecular formula is C25H28N2O6. The average molecular weight is 453 g/mol. The second-order valence-corrected chi connectivity index (χ2v) is 8.64. The number of benzene rings is 1. The summed E-state index contributed by atoms with van der Waals surface area (Å²) in [4.78, 5) is 0. The molecule has 1 saturated carbocycles. The molecule has 1 aliphatic carbocycles. The minimum atomic E-state index is -2.08. The van der Waals surface area contributed by atoms with Crippen molar-refractivity contribution in [2.75, 3.05) is 6.61 Å². The van der Waals surface area contributed by atoms with E-state index in [1.807, 2.05) is 38.1 Å². The molecule has 1 aliphatic heterocycles. The highest BCUT2D eigenvalue weighted by atomic mass is 16.5. The summed E-state index contributed by atoms with van der Waals surface area (Å²) in [5.41, 5.74) is -0.707. The van der Waals surface area contributed by atoms with Crippen LogP contribution >= 0.6 is 0 Å². The molecule has 8 heteroatoms. The number of aromatic nitrogens is 2. The van der Waals surface area contributed by atoms with Gasteiger partial charge in [0.2, 0.25) is 0 Å². The van der Waals surface area contributed by atoms with Gasteiger partial charge in [0.05, 0.1) is 30.2 Å². The van der Waals surface area contributed by atoms with Crippen molar-refractivity contribution in [2.24, 2.45) is 5.92 Å². The number of ether oxygens (including phenoxy) is 2. The second kappa shape index (κ2) is 9.56. The number of hydrogen-bond donors (Lipinski definition) is 4. The molecule has 2 heterocycles. The third-order valence-electron chi connectivity index (χ3n) is 5.50. The van der Waals surface area contributed by atoms with Crippen molar-refractivity contribution in [1.29, 1.82) is 0 Å². The van der Waals surface area contributed by atoms with Gasteiger partial charge in [0, 0.05) is 12.1 Å². The van der Waals surface area contributed by atoms with Crippen molar-refractivity contribution in [2.45, 2.75) is 62.8 Å². The third kappa shape index (κ3) is 5.22. The zero-order valence-corrected chi connectivity index (χ0v) is 18.5. The maximum Gasteiger partial charge on any atom is 0.191 e. The van der Waals surface area contributed by atoms with Crippen molar-refractivity contribution in [1.82, 2.24) is 9.78 Å². The van der Waals surface area contributed by atoms with Gasteiger partial charge in [0.25, 0.3) is 0 Å². The molecule has 33 heavy (non-hydrogen) atoms. The fourth-order valence-corrected chi connectivity index (χ4v) is 3.48. The summed E-state index contributed by atoms with van der Waals surface area (Å²) >= 11 is 0. The second-order valence-electron chi connectivity index (χ2n) is 8.64. The summed E-state index contributed by atoms with van der Waals surface area (Å²) in [5.74, 6) is 12.2. The van der Waals surface area contributed by atoms with Crippen LogP contribution in [0.5, 0.6) is 5.75 Å². The maximum absolute atomic E-state index is 11.1. The topological polar surface area (TPSA) is 117 Å². The molecule has 1 saturated heterocycles. The van der Waals surface area contributed by atoms with E-state index in [2.05, 4.69) is 28.8 Å². The van der Waals surface area contributed by atoms with Crippen LogP contribution in [0.1, 0.15) is 32.3 Å². The molecule has 0 bridgehead atoms. The molecule has 4 N–H and O–H groups in total. The molecule has 8 nitrogen and oxygen atoms in total. The number of rotatable bonds is 4. The number of aliphatic hydroxyl groups is 4. The minimum absolute atomic E-state index is 0.0853. The first-order valence-corrected chi connectivity index (χ1v) is 11.0. The lowest BCUT2D eigenvalue weighted by Crippen LogP contribution is -2.65. The molecule has 1 aromatic carbocycles. The Morgan fingerprint density at radius 1 is 1.21 bits per heavy atom. The van der Waals surface area contributed by atoms with Gasteiger partial charge in [0.15, 0.2) is 11.7 Å². The summed E-state index contributed by atoms with van der Waals surface area (Å²) in [6, 6.07) is 7.47. The summed E-state index contributed by atoms with van der Waals surface area (Å²) in [6.07, 6.45) is -0.200. The maximum atomic E-state index is 11.1.